The lowest BCUT2D eigenvalue weighted by molar-refractivity contribution is 0.560. The number of fused-ring (bicyclic) bond motifs is 1. The second kappa shape index (κ2) is 5.62. The van der Waals surface area contributed by atoms with Crippen LogP contribution in [0.1, 0.15) is 37.0 Å². The fourth-order valence-electron chi connectivity index (χ4n) is 2.68. The molecule has 0 spiro atoms. The van der Waals surface area contributed by atoms with Gasteiger partial charge in [-0.2, -0.15) is 0 Å². The third-order valence-corrected chi connectivity index (χ3v) is 4.17. The number of hydrogen-bond donors (Lipinski definition) is 0. The minimum absolute atomic E-state index is 0.758. The van der Waals surface area contributed by atoms with Crippen LogP contribution in [0.25, 0.3) is 0 Å². The zero-order valence-corrected chi connectivity index (χ0v) is 12.3. The Morgan fingerprint density at radius 1 is 1.05 bits per heavy atom. The maximum absolute atomic E-state index is 4.75. The van der Waals surface area contributed by atoms with Gasteiger partial charge in [0, 0.05) is 6.42 Å². The lowest BCUT2D eigenvalue weighted by atomic mass is 9.97. The number of nitrogens with zero attached hydrogens (tertiary/aromatic N) is 1. The molecule has 2 aromatic rings. The fraction of sp³-hybridized carbons (Fsp3) is 0.316. The van der Waals surface area contributed by atoms with Gasteiger partial charge in [-0.05, 0) is 35.1 Å². The first-order chi connectivity index (χ1) is 9.76. The van der Waals surface area contributed by atoms with Gasteiger partial charge < -0.3 is 0 Å². The van der Waals surface area contributed by atoms with Crippen molar-refractivity contribution in [1.29, 1.82) is 0 Å². The van der Waals surface area contributed by atoms with E-state index in [1.54, 1.807) is 0 Å². The molecule has 1 unspecified atom stereocenters. The molecule has 1 nitrogen and oxygen atoms in total. The van der Waals surface area contributed by atoms with Crippen LogP contribution in [0.4, 0.5) is 5.69 Å². The van der Waals surface area contributed by atoms with E-state index in [9.17, 15) is 0 Å². The molecule has 0 radical (unpaired) electrons. The maximum Gasteiger partial charge on any atom is 0.0669 e. The minimum Gasteiger partial charge on any atom is -0.252 e. The van der Waals surface area contributed by atoms with Crippen molar-refractivity contribution in [3.8, 4) is 0 Å². The molecule has 1 atom stereocenters. The molecule has 3 rings (SSSR count). The van der Waals surface area contributed by atoms with Gasteiger partial charge in [0.05, 0.1) is 11.4 Å². The fourth-order valence-corrected chi connectivity index (χ4v) is 2.68. The Morgan fingerprint density at radius 3 is 2.50 bits per heavy atom. The average molecular weight is 263 g/mol. The molecule has 0 bridgehead atoms. The predicted molar refractivity (Wildman–Crippen MR) is 85.9 cm³/mol. The Balaban J connectivity index is 1.77. The molecule has 1 heteroatoms. The van der Waals surface area contributed by atoms with Crippen LogP contribution in [0.5, 0.6) is 0 Å². The van der Waals surface area contributed by atoms with Crippen molar-refractivity contribution in [2.45, 2.75) is 33.1 Å². The first-order valence-electron chi connectivity index (χ1n) is 7.51. The minimum atomic E-state index is 0.758. The monoisotopic (exact) mass is 263 g/mol. The normalized spacial score (nSPS) is 14.8. The van der Waals surface area contributed by atoms with E-state index in [1.165, 1.54) is 35.2 Å². The summed E-state index contributed by atoms with van der Waals surface area (Å²) in [6.07, 6.45) is 3.37. The van der Waals surface area contributed by atoms with E-state index in [-0.39, 0.29) is 0 Å². The van der Waals surface area contributed by atoms with Crippen LogP contribution in [-0.2, 0) is 12.8 Å². The largest absolute Gasteiger partial charge is 0.252 e. The summed E-state index contributed by atoms with van der Waals surface area (Å²) in [5, 5.41) is 0. The van der Waals surface area contributed by atoms with E-state index < -0.39 is 0 Å². The molecule has 20 heavy (non-hydrogen) atoms. The van der Waals surface area contributed by atoms with E-state index in [4.69, 9.17) is 4.99 Å². The van der Waals surface area contributed by atoms with Gasteiger partial charge in [0.25, 0.3) is 0 Å². The number of rotatable bonds is 4. The Bertz CT molecular complexity index is 622. The van der Waals surface area contributed by atoms with E-state index in [2.05, 4.69) is 62.4 Å². The van der Waals surface area contributed by atoms with Gasteiger partial charge in [0.2, 0.25) is 0 Å². The molecule has 1 aliphatic heterocycles. The van der Waals surface area contributed by atoms with Gasteiger partial charge in [0.1, 0.15) is 0 Å². The second-order valence-electron chi connectivity index (χ2n) is 5.78. The molecule has 1 aliphatic rings. The van der Waals surface area contributed by atoms with Crippen molar-refractivity contribution >= 4 is 11.4 Å². The summed E-state index contributed by atoms with van der Waals surface area (Å²) in [7, 11) is 0. The Kier molecular flexibility index (Phi) is 3.68. The average Bonchev–Trinajstić information content (AvgIpc) is 2.91. The predicted octanol–water partition coefficient (Wildman–Crippen LogP) is 4.95. The summed E-state index contributed by atoms with van der Waals surface area (Å²) in [4.78, 5) is 4.75. The summed E-state index contributed by atoms with van der Waals surface area (Å²) >= 11 is 0. The summed E-state index contributed by atoms with van der Waals surface area (Å²) < 4.78 is 0. The SMILES string of the molecule is CCC(C)Cc1ccc(C2=Nc3ccccc3C2)cc1. The molecular formula is C19H21N. The second-order valence-corrected chi connectivity index (χ2v) is 5.78. The van der Waals surface area contributed by atoms with Crippen molar-refractivity contribution in [3.05, 3.63) is 65.2 Å². The number of para-hydroxylation sites is 1. The third-order valence-electron chi connectivity index (χ3n) is 4.17. The Labute approximate surface area is 121 Å². The van der Waals surface area contributed by atoms with Crippen molar-refractivity contribution in [1.82, 2.24) is 0 Å². The highest BCUT2D eigenvalue weighted by Gasteiger charge is 2.15. The first-order valence-corrected chi connectivity index (χ1v) is 7.51. The standard InChI is InChI=1S/C19H21N/c1-3-14(2)12-15-8-10-16(11-9-15)19-13-17-6-4-5-7-18(17)20-19/h4-11,14H,3,12-13H2,1-2H3. The van der Waals surface area contributed by atoms with Gasteiger partial charge in [-0.3, -0.25) is 4.99 Å². The summed E-state index contributed by atoms with van der Waals surface area (Å²) in [6, 6.07) is 17.4. The van der Waals surface area contributed by atoms with Crippen molar-refractivity contribution in [2.24, 2.45) is 10.9 Å². The van der Waals surface area contributed by atoms with E-state index >= 15 is 0 Å². The highest BCUT2D eigenvalue weighted by Crippen LogP contribution is 2.28. The molecule has 0 aromatic heterocycles. The van der Waals surface area contributed by atoms with Crippen molar-refractivity contribution in [3.63, 3.8) is 0 Å². The van der Waals surface area contributed by atoms with Crippen LogP contribution in [-0.4, -0.2) is 5.71 Å². The van der Waals surface area contributed by atoms with Crippen LogP contribution in [0.2, 0.25) is 0 Å². The number of benzene rings is 2. The molecular weight excluding hydrogens is 242 g/mol. The Morgan fingerprint density at radius 2 is 1.80 bits per heavy atom. The number of aliphatic imine (C=N–C) groups is 1. The summed E-state index contributed by atoms with van der Waals surface area (Å²) in [5.74, 6) is 0.758. The van der Waals surface area contributed by atoms with Gasteiger partial charge in [-0.1, -0.05) is 62.7 Å². The molecule has 0 amide bonds. The quantitative estimate of drug-likeness (QED) is 0.740. The zero-order chi connectivity index (χ0) is 13.9. The lowest BCUT2D eigenvalue weighted by Crippen LogP contribution is -2.02. The third kappa shape index (κ3) is 2.67. The molecule has 0 fully saturated rings. The van der Waals surface area contributed by atoms with E-state index in [0.717, 1.165) is 18.0 Å². The topological polar surface area (TPSA) is 12.4 Å². The van der Waals surface area contributed by atoms with Crippen molar-refractivity contribution < 1.29 is 0 Å². The van der Waals surface area contributed by atoms with Crippen LogP contribution >= 0.6 is 0 Å². The lowest BCUT2D eigenvalue weighted by Gasteiger charge is -2.09. The van der Waals surface area contributed by atoms with E-state index in [0.29, 0.717) is 0 Å². The van der Waals surface area contributed by atoms with E-state index in [1.807, 2.05) is 0 Å². The van der Waals surface area contributed by atoms with Gasteiger partial charge >= 0.3 is 0 Å². The maximum atomic E-state index is 4.75. The van der Waals surface area contributed by atoms with Crippen LogP contribution in [0, 0.1) is 5.92 Å². The Hall–Kier alpha value is -1.89. The highest BCUT2D eigenvalue weighted by molar-refractivity contribution is 6.06. The molecule has 0 saturated heterocycles. The smallest absolute Gasteiger partial charge is 0.0669 e. The van der Waals surface area contributed by atoms with Crippen LogP contribution in [0.15, 0.2) is 53.5 Å². The molecule has 0 saturated carbocycles. The summed E-state index contributed by atoms with van der Waals surface area (Å²) in [5.41, 5.74) is 6.35. The van der Waals surface area contributed by atoms with Gasteiger partial charge in [-0.15, -0.1) is 0 Å². The zero-order valence-electron chi connectivity index (χ0n) is 12.3. The molecule has 102 valence electrons. The first kappa shape index (κ1) is 13.1. The molecule has 1 heterocycles. The molecule has 0 aliphatic carbocycles. The van der Waals surface area contributed by atoms with Crippen LogP contribution < -0.4 is 0 Å². The summed E-state index contributed by atoms with van der Waals surface area (Å²) in [6.45, 7) is 4.56. The molecule has 2 aromatic carbocycles. The van der Waals surface area contributed by atoms with Crippen molar-refractivity contribution in [2.75, 3.05) is 0 Å². The van der Waals surface area contributed by atoms with Crippen LogP contribution in [0.3, 0.4) is 0 Å². The van der Waals surface area contributed by atoms with Gasteiger partial charge in [0.15, 0.2) is 0 Å². The molecule has 0 N–H and O–H groups in total. The highest BCUT2D eigenvalue weighted by atomic mass is 14.8. The number of hydrogen-bond acceptors (Lipinski definition) is 1. The van der Waals surface area contributed by atoms with Gasteiger partial charge in [-0.25, -0.2) is 0 Å².